The fourth-order valence-corrected chi connectivity index (χ4v) is 5.94. The van der Waals surface area contributed by atoms with Crippen molar-refractivity contribution in [2.45, 2.75) is 57.7 Å². The molecule has 0 fully saturated rings. The van der Waals surface area contributed by atoms with E-state index in [1.54, 1.807) is 51.2 Å². The van der Waals surface area contributed by atoms with Crippen LogP contribution in [0.25, 0.3) is 33.4 Å². The van der Waals surface area contributed by atoms with Gasteiger partial charge in [0.05, 0.1) is 16.2 Å². The molecular weight excluding hydrogens is 607 g/mol. The van der Waals surface area contributed by atoms with Gasteiger partial charge in [-0.25, -0.2) is 32.1 Å². The van der Waals surface area contributed by atoms with Gasteiger partial charge >= 0.3 is 12.3 Å². The molecule has 5 aromatic rings. The Morgan fingerprint density at radius 2 is 1.69 bits per heavy atom. The van der Waals surface area contributed by atoms with Crippen LogP contribution in [0.15, 0.2) is 78.1 Å². The Morgan fingerprint density at radius 1 is 0.978 bits per heavy atom. The summed E-state index contributed by atoms with van der Waals surface area (Å²) in [6, 6.07) is 12.6. The highest BCUT2D eigenvalue weighted by atomic mass is 32.2. The quantitative estimate of drug-likeness (QED) is 0.203. The number of nitrogens with zero attached hydrogens (tertiary/aromatic N) is 4. The Morgan fingerprint density at radius 3 is 2.33 bits per heavy atom. The number of alkyl halides is 3. The maximum Gasteiger partial charge on any atom is 0.416 e. The van der Waals surface area contributed by atoms with Gasteiger partial charge in [0.2, 0.25) is 0 Å². The van der Waals surface area contributed by atoms with Crippen molar-refractivity contribution in [1.29, 1.82) is 0 Å². The zero-order valence-electron chi connectivity index (χ0n) is 25.1. The second-order valence-electron chi connectivity index (χ2n) is 11.4. The van der Waals surface area contributed by atoms with E-state index < -0.39 is 33.5 Å². The van der Waals surface area contributed by atoms with Crippen LogP contribution in [0.2, 0.25) is 0 Å². The minimum Gasteiger partial charge on any atom is -0.444 e. The molecule has 0 spiro atoms. The Bertz CT molecular complexity index is 2020. The molecule has 0 aliphatic carbocycles. The number of aromatic nitrogens is 4. The highest BCUT2D eigenvalue weighted by Gasteiger charge is 2.32. The van der Waals surface area contributed by atoms with Crippen molar-refractivity contribution in [2.24, 2.45) is 0 Å². The summed E-state index contributed by atoms with van der Waals surface area (Å²) in [6.45, 7) is 8.62. The molecule has 234 valence electrons. The molecule has 3 heterocycles. The normalized spacial score (nSPS) is 12.4. The maximum absolute atomic E-state index is 14.0. The van der Waals surface area contributed by atoms with E-state index in [1.165, 1.54) is 30.6 Å². The molecule has 0 radical (unpaired) electrons. The van der Waals surface area contributed by atoms with Gasteiger partial charge in [-0.1, -0.05) is 24.6 Å². The number of benzene rings is 2. The van der Waals surface area contributed by atoms with Crippen LogP contribution in [-0.2, 0) is 27.4 Å². The highest BCUT2D eigenvalue weighted by Crippen LogP contribution is 2.38. The molecule has 0 atom stereocenters. The van der Waals surface area contributed by atoms with Crippen LogP contribution >= 0.6 is 0 Å². The van der Waals surface area contributed by atoms with E-state index in [9.17, 15) is 26.4 Å². The molecule has 9 nitrogen and oxygen atoms in total. The van der Waals surface area contributed by atoms with Gasteiger partial charge in [-0.05, 0) is 75.7 Å². The maximum atomic E-state index is 14.0. The first kappa shape index (κ1) is 31.6. The third-order valence-corrected chi connectivity index (χ3v) is 8.39. The van der Waals surface area contributed by atoms with Gasteiger partial charge < -0.3 is 4.74 Å². The molecule has 0 aliphatic heterocycles. The zero-order chi connectivity index (χ0) is 32.7. The van der Waals surface area contributed by atoms with E-state index in [-0.39, 0.29) is 27.4 Å². The molecule has 3 aromatic heterocycles. The van der Waals surface area contributed by atoms with Gasteiger partial charge in [0, 0.05) is 47.2 Å². The summed E-state index contributed by atoms with van der Waals surface area (Å²) in [6.07, 6.45) is -0.881. The van der Waals surface area contributed by atoms with Gasteiger partial charge in [-0.2, -0.15) is 13.2 Å². The van der Waals surface area contributed by atoms with E-state index in [2.05, 4.69) is 20.3 Å². The summed E-state index contributed by atoms with van der Waals surface area (Å²) >= 11 is 0. The summed E-state index contributed by atoms with van der Waals surface area (Å²) < 4.78 is 75.7. The van der Waals surface area contributed by atoms with Crippen LogP contribution in [0.3, 0.4) is 0 Å². The van der Waals surface area contributed by atoms with Crippen molar-refractivity contribution in [1.82, 2.24) is 18.9 Å². The molecule has 0 saturated carbocycles. The smallest absolute Gasteiger partial charge is 0.416 e. The number of pyridine rings is 1. The molecule has 1 N–H and O–H groups in total. The number of ether oxygens (including phenoxy) is 1. The van der Waals surface area contributed by atoms with E-state index in [1.807, 2.05) is 13.8 Å². The molecule has 2 aromatic carbocycles. The number of amides is 1. The van der Waals surface area contributed by atoms with Crippen molar-refractivity contribution in [3.05, 3.63) is 90.1 Å². The Hall–Kier alpha value is -4.78. The number of rotatable bonds is 6. The topological polar surface area (TPSA) is 116 Å². The number of aryl methyl sites for hydroxylation is 2. The fraction of sp³-hybridized carbons (Fsp3) is 0.250. The lowest BCUT2D eigenvalue weighted by atomic mass is 10.0. The zero-order valence-corrected chi connectivity index (χ0v) is 25.9. The number of fused-ring (bicyclic) bond motifs is 1. The second kappa shape index (κ2) is 11.6. The average molecular weight is 638 g/mol. The number of carbonyl (C=O) groups is 1. The number of anilines is 1. The number of carbonyl (C=O) groups excluding carboxylic acids is 1. The first-order valence-corrected chi connectivity index (χ1v) is 15.4. The summed E-state index contributed by atoms with van der Waals surface area (Å²) in [7, 11) is -4.12. The Balaban J connectivity index is 1.71. The van der Waals surface area contributed by atoms with Crippen molar-refractivity contribution < 1.29 is 31.1 Å². The van der Waals surface area contributed by atoms with Crippen LogP contribution in [0.4, 0.5) is 23.7 Å². The average Bonchev–Trinajstić information content (AvgIpc) is 3.35. The monoisotopic (exact) mass is 637 g/mol. The first-order valence-electron chi connectivity index (χ1n) is 13.9. The predicted molar refractivity (Wildman–Crippen MR) is 164 cm³/mol. The van der Waals surface area contributed by atoms with E-state index in [0.29, 0.717) is 28.9 Å². The van der Waals surface area contributed by atoms with Crippen LogP contribution in [0, 0.1) is 6.92 Å². The molecule has 0 saturated heterocycles. The molecule has 0 bridgehead atoms. The number of hydrogen-bond donors (Lipinski definition) is 1. The summed E-state index contributed by atoms with van der Waals surface area (Å²) in [5.74, 6) is 0.523. The third-order valence-electron chi connectivity index (χ3n) is 6.73. The SMILES string of the molecule is CCc1nccc(-c2cn(S(=O)(=O)c3ccc(C)cc3)c3ncc(-c4cc(NC(=O)OC(C)(C)C)cc(C(F)(F)F)c4)cc23)n1. The van der Waals surface area contributed by atoms with E-state index in [4.69, 9.17) is 4.74 Å². The number of halogens is 3. The molecule has 45 heavy (non-hydrogen) atoms. The van der Waals surface area contributed by atoms with Crippen molar-refractivity contribution >= 4 is 32.8 Å². The van der Waals surface area contributed by atoms with Gasteiger partial charge in [0.15, 0.2) is 5.65 Å². The minimum absolute atomic E-state index is 0.0371. The molecule has 0 aliphatic rings. The van der Waals surface area contributed by atoms with Crippen LogP contribution in [0.5, 0.6) is 0 Å². The highest BCUT2D eigenvalue weighted by molar-refractivity contribution is 7.90. The molecular formula is C32H30F3N5O4S. The lowest BCUT2D eigenvalue weighted by Gasteiger charge is -2.20. The lowest BCUT2D eigenvalue weighted by Crippen LogP contribution is -2.27. The summed E-state index contributed by atoms with van der Waals surface area (Å²) in [4.78, 5) is 25.7. The van der Waals surface area contributed by atoms with E-state index in [0.717, 1.165) is 21.7 Å². The van der Waals surface area contributed by atoms with Crippen LogP contribution < -0.4 is 5.32 Å². The van der Waals surface area contributed by atoms with Gasteiger partial charge in [0.1, 0.15) is 11.4 Å². The standard InChI is InChI=1S/C32H30F3N5O4S/c1-6-28-36-12-11-27(39-28)26-18-40(45(42,43)24-9-7-19(2)8-10-24)29-25(26)15-21(17-37-29)20-13-22(32(33,34)35)16-23(14-20)38-30(41)44-31(3,4)5/h7-18H,6H2,1-5H3,(H,38,41). The minimum atomic E-state index is -4.73. The van der Waals surface area contributed by atoms with Gasteiger partial charge in [-0.15, -0.1) is 0 Å². The lowest BCUT2D eigenvalue weighted by molar-refractivity contribution is -0.137. The van der Waals surface area contributed by atoms with E-state index >= 15 is 0 Å². The molecule has 1 amide bonds. The number of hydrogen-bond acceptors (Lipinski definition) is 7. The van der Waals surface area contributed by atoms with Crippen molar-refractivity contribution in [3.63, 3.8) is 0 Å². The van der Waals surface area contributed by atoms with Crippen LogP contribution in [-0.4, -0.2) is 39.0 Å². The first-order chi connectivity index (χ1) is 21.0. The fourth-order valence-electron chi connectivity index (χ4n) is 4.62. The van der Waals surface area contributed by atoms with Gasteiger partial charge in [-0.3, -0.25) is 5.32 Å². The second-order valence-corrected chi connectivity index (χ2v) is 13.2. The van der Waals surface area contributed by atoms with Crippen molar-refractivity contribution in [3.8, 4) is 22.4 Å². The molecule has 13 heteroatoms. The predicted octanol–water partition coefficient (Wildman–Crippen LogP) is 7.63. The number of nitrogens with one attached hydrogen (secondary N) is 1. The summed E-state index contributed by atoms with van der Waals surface area (Å²) in [5, 5.41) is 2.71. The summed E-state index contributed by atoms with van der Waals surface area (Å²) in [5.41, 5.74) is 0.0666. The largest absolute Gasteiger partial charge is 0.444 e. The van der Waals surface area contributed by atoms with Crippen LogP contribution in [0.1, 0.15) is 44.6 Å². The van der Waals surface area contributed by atoms with Gasteiger partial charge in [0.25, 0.3) is 10.0 Å². The van der Waals surface area contributed by atoms with Crippen molar-refractivity contribution in [2.75, 3.05) is 5.32 Å². The third kappa shape index (κ3) is 6.83. The Kier molecular flexibility index (Phi) is 8.17. The molecule has 5 rings (SSSR count). The molecule has 0 unspecified atom stereocenters. The Labute approximate surface area is 258 Å².